The van der Waals surface area contributed by atoms with Gasteiger partial charge >= 0.3 is 0 Å². The number of benzene rings is 1. The molecule has 0 aliphatic heterocycles. The molecule has 82 valence electrons. The van der Waals surface area contributed by atoms with E-state index in [1.165, 1.54) is 17.5 Å². The zero-order valence-electron chi connectivity index (χ0n) is 9.49. The second-order valence-corrected chi connectivity index (χ2v) is 4.50. The summed E-state index contributed by atoms with van der Waals surface area (Å²) in [5.74, 6) is 0.959. The van der Waals surface area contributed by atoms with Crippen LogP contribution in [0.3, 0.4) is 0 Å². The molecule has 0 spiro atoms. The Balaban J connectivity index is 2.07. The second-order valence-electron chi connectivity index (χ2n) is 4.50. The summed E-state index contributed by atoms with van der Waals surface area (Å²) in [4.78, 5) is 0. The molecule has 1 aromatic rings. The van der Waals surface area contributed by atoms with Gasteiger partial charge in [0.15, 0.2) is 0 Å². The minimum Gasteiger partial charge on any atom is -0.489 e. The fraction of sp³-hybridized carbons (Fsp3) is 0.538. The summed E-state index contributed by atoms with van der Waals surface area (Å²) in [6.45, 7) is 4.22. The highest BCUT2D eigenvalue weighted by atomic mass is 16.5. The Kier molecular flexibility index (Phi) is 2.96. The Morgan fingerprint density at radius 2 is 2.00 bits per heavy atom. The van der Waals surface area contributed by atoms with Crippen molar-refractivity contribution in [2.24, 2.45) is 5.73 Å². The summed E-state index contributed by atoms with van der Waals surface area (Å²) in [6.07, 6.45) is 3.59. The van der Waals surface area contributed by atoms with Gasteiger partial charge in [0, 0.05) is 6.04 Å². The monoisotopic (exact) mass is 205 g/mol. The number of rotatable bonds is 2. The van der Waals surface area contributed by atoms with Crippen molar-refractivity contribution in [3.05, 3.63) is 29.3 Å². The van der Waals surface area contributed by atoms with E-state index >= 15 is 0 Å². The molecule has 2 heteroatoms. The van der Waals surface area contributed by atoms with Crippen LogP contribution < -0.4 is 10.5 Å². The molecule has 1 aliphatic rings. The Morgan fingerprint density at radius 3 is 2.60 bits per heavy atom. The van der Waals surface area contributed by atoms with Gasteiger partial charge in [-0.05, 0) is 56.4 Å². The normalized spacial score (nSPS) is 25.5. The molecule has 1 saturated carbocycles. The topological polar surface area (TPSA) is 35.2 Å². The molecule has 0 aromatic heterocycles. The molecule has 2 atom stereocenters. The fourth-order valence-electron chi connectivity index (χ4n) is 2.06. The van der Waals surface area contributed by atoms with E-state index in [9.17, 15) is 0 Å². The average Bonchev–Trinajstić information content (AvgIpc) is 2.59. The van der Waals surface area contributed by atoms with E-state index in [0.717, 1.165) is 18.6 Å². The van der Waals surface area contributed by atoms with E-state index < -0.39 is 0 Å². The Morgan fingerprint density at radius 1 is 1.20 bits per heavy atom. The van der Waals surface area contributed by atoms with Gasteiger partial charge in [0.05, 0.1) is 0 Å². The van der Waals surface area contributed by atoms with Crippen LogP contribution in [0, 0.1) is 13.8 Å². The molecule has 1 aromatic carbocycles. The molecule has 0 bridgehead atoms. The van der Waals surface area contributed by atoms with Gasteiger partial charge in [0.1, 0.15) is 11.9 Å². The highest BCUT2D eigenvalue weighted by Crippen LogP contribution is 2.24. The fourth-order valence-corrected chi connectivity index (χ4v) is 2.06. The lowest BCUT2D eigenvalue weighted by Gasteiger charge is -2.18. The van der Waals surface area contributed by atoms with E-state index in [1.807, 2.05) is 6.07 Å². The zero-order chi connectivity index (χ0) is 10.8. The number of hydrogen-bond donors (Lipinski definition) is 1. The van der Waals surface area contributed by atoms with Gasteiger partial charge in [-0.3, -0.25) is 0 Å². The second kappa shape index (κ2) is 4.23. The largest absolute Gasteiger partial charge is 0.489 e. The van der Waals surface area contributed by atoms with Crippen LogP contribution in [0.4, 0.5) is 0 Å². The van der Waals surface area contributed by atoms with Crippen molar-refractivity contribution < 1.29 is 4.74 Å². The first-order valence-corrected chi connectivity index (χ1v) is 5.66. The quantitative estimate of drug-likeness (QED) is 0.805. The number of aryl methyl sites for hydroxylation is 2. The van der Waals surface area contributed by atoms with Crippen molar-refractivity contribution in [3.63, 3.8) is 0 Å². The first kappa shape index (κ1) is 10.5. The van der Waals surface area contributed by atoms with E-state index in [-0.39, 0.29) is 12.1 Å². The molecule has 15 heavy (non-hydrogen) atoms. The maximum atomic E-state index is 5.97. The molecule has 1 fully saturated rings. The van der Waals surface area contributed by atoms with Crippen LogP contribution in [0.2, 0.25) is 0 Å². The minimum absolute atomic E-state index is 0.214. The number of nitrogens with two attached hydrogens (primary N) is 1. The van der Waals surface area contributed by atoms with E-state index in [1.54, 1.807) is 0 Å². The van der Waals surface area contributed by atoms with Crippen LogP contribution in [0.5, 0.6) is 5.75 Å². The van der Waals surface area contributed by atoms with E-state index in [4.69, 9.17) is 10.5 Å². The molecule has 2 rings (SSSR count). The van der Waals surface area contributed by atoms with Gasteiger partial charge in [-0.2, -0.15) is 0 Å². The minimum atomic E-state index is 0.214. The summed E-state index contributed by atoms with van der Waals surface area (Å²) in [5, 5.41) is 0. The lowest BCUT2D eigenvalue weighted by Crippen LogP contribution is -2.33. The Bertz CT molecular complexity index is 348. The maximum absolute atomic E-state index is 5.97. The summed E-state index contributed by atoms with van der Waals surface area (Å²) >= 11 is 0. The van der Waals surface area contributed by atoms with Crippen molar-refractivity contribution in [2.45, 2.75) is 45.3 Å². The van der Waals surface area contributed by atoms with Crippen LogP contribution in [0.25, 0.3) is 0 Å². The molecule has 2 N–H and O–H groups in total. The smallest absolute Gasteiger partial charge is 0.120 e. The van der Waals surface area contributed by atoms with Gasteiger partial charge in [0.25, 0.3) is 0 Å². The standard InChI is InChI=1S/C13H19NO/c1-9-6-7-11(8-10(9)2)15-13-5-3-4-12(13)14/h6-8,12-13H,3-5,14H2,1-2H3. The van der Waals surface area contributed by atoms with Crippen molar-refractivity contribution >= 4 is 0 Å². The summed E-state index contributed by atoms with van der Waals surface area (Å²) in [6, 6.07) is 6.45. The van der Waals surface area contributed by atoms with Gasteiger partial charge in [-0.1, -0.05) is 6.07 Å². The van der Waals surface area contributed by atoms with Gasteiger partial charge in [-0.25, -0.2) is 0 Å². The van der Waals surface area contributed by atoms with Gasteiger partial charge in [0.2, 0.25) is 0 Å². The molecule has 0 radical (unpaired) electrons. The summed E-state index contributed by atoms with van der Waals surface area (Å²) < 4.78 is 5.90. The lowest BCUT2D eigenvalue weighted by atomic mass is 10.1. The SMILES string of the molecule is Cc1ccc(OC2CCCC2N)cc1C. The predicted octanol–water partition coefficient (Wildman–Crippen LogP) is 2.56. The van der Waals surface area contributed by atoms with E-state index in [2.05, 4.69) is 26.0 Å². The number of ether oxygens (including phenoxy) is 1. The third-order valence-electron chi connectivity index (χ3n) is 3.27. The average molecular weight is 205 g/mol. The zero-order valence-corrected chi connectivity index (χ0v) is 9.49. The highest BCUT2D eigenvalue weighted by Gasteiger charge is 2.25. The van der Waals surface area contributed by atoms with E-state index in [0.29, 0.717) is 0 Å². The summed E-state index contributed by atoms with van der Waals surface area (Å²) in [5.41, 5.74) is 8.55. The predicted molar refractivity (Wildman–Crippen MR) is 62.2 cm³/mol. The van der Waals surface area contributed by atoms with Gasteiger partial charge < -0.3 is 10.5 Å². The first-order chi connectivity index (χ1) is 7.16. The van der Waals surface area contributed by atoms with Crippen molar-refractivity contribution in [2.75, 3.05) is 0 Å². The molecule has 1 aliphatic carbocycles. The number of hydrogen-bond acceptors (Lipinski definition) is 2. The van der Waals surface area contributed by atoms with Crippen molar-refractivity contribution in [3.8, 4) is 5.75 Å². The van der Waals surface area contributed by atoms with Gasteiger partial charge in [-0.15, -0.1) is 0 Å². The molecule has 0 amide bonds. The van der Waals surface area contributed by atoms with Crippen LogP contribution in [-0.2, 0) is 0 Å². The lowest BCUT2D eigenvalue weighted by molar-refractivity contribution is 0.191. The Hall–Kier alpha value is -1.02. The van der Waals surface area contributed by atoms with Crippen LogP contribution in [-0.4, -0.2) is 12.1 Å². The molecule has 2 unspecified atom stereocenters. The molecular weight excluding hydrogens is 186 g/mol. The van der Waals surface area contributed by atoms with Crippen LogP contribution in [0.15, 0.2) is 18.2 Å². The molecule has 0 heterocycles. The molecule has 2 nitrogen and oxygen atoms in total. The Labute approximate surface area is 91.4 Å². The summed E-state index contributed by atoms with van der Waals surface area (Å²) in [7, 11) is 0. The first-order valence-electron chi connectivity index (χ1n) is 5.66. The third-order valence-corrected chi connectivity index (χ3v) is 3.27. The van der Waals surface area contributed by atoms with Crippen LogP contribution in [0.1, 0.15) is 30.4 Å². The maximum Gasteiger partial charge on any atom is 0.120 e. The van der Waals surface area contributed by atoms with Crippen molar-refractivity contribution in [1.29, 1.82) is 0 Å². The molecular formula is C13H19NO. The third kappa shape index (κ3) is 2.32. The van der Waals surface area contributed by atoms with Crippen LogP contribution >= 0.6 is 0 Å². The highest BCUT2D eigenvalue weighted by molar-refractivity contribution is 5.34. The molecule has 0 saturated heterocycles. The van der Waals surface area contributed by atoms with Crippen molar-refractivity contribution in [1.82, 2.24) is 0 Å².